The Hall–Kier alpha value is -0.520. The van der Waals surface area contributed by atoms with Crippen LogP contribution in [-0.2, 0) is 4.79 Å². The summed E-state index contributed by atoms with van der Waals surface area (Å²) < 4.78 is 1.13. The second-order valence-electron chi connectivity index (χ2n) is 5.62. The molecular weight excluding hydrogens is 348 g/mol. The Morgan fingerprint density at radius 3 is 2.90 bits per heavy atom. The van der Waals surface area contributed by atoms with Crippen LogP contribution in [0.4, 0.5) is 0 Å². The molecule has 116 valence electrons. The first-order chi connectivity index (χ1) is 10.0. The number of thioether (sulfide) groups is 1. The Bertz CT molecular complexity index is 521. The fourth-order valence-corrected chi connectivity index (χ4v) is 4.05. The predicted molar refractivity (Wildman–Crippen MR) is 93.0 cm³/mol. The summed E-state index contributed by atoms with van der Waals surface area (Å²) in [5.74, 6) is 0.776. The molecule has 0 aromatic heterocycles. The minimum atomic E-state index is 0.250. The van der Waals surface area contributed by atoms with E-state index >= 15 is 0 Å². The summed E-state index contributed by atoms with van der Waals surface area (Å²) >= 11 is 5.19. The molecule has 1 aromatic rings. The zero-order valence-corrected chi connectivity index (χ0v) is 15.3. The second-order valence-corrected chi connectivity index (χ2v) is 7.49. The minimum absolute atomic E-state index is 0.250. The molecule has 0 spiro atoms. The standard InChI is InChI=1S/C16H23BrN2OS/c1-11-8-15(12(2)7-14(11)17)21-10-16(20)19-6-4-5-13(9-19)18-3/h7-8,13,18H,4-6,9-10H2,1-3H3. The zero-order chi connectivity index (χ0) is 15.4. The number of rotatable bonds is 4. The fraction of sp³-hybridized carbons (Fsp3) is 0.562. The van der Waals surface area contributed by atoms with Crippen LogP contribution >= 0.6 is 27.7 Å². The van der Waals surface area contributed by atoms with Crippen LogP contribution in [0.2, 0.25) is 0 Å². The van der Waals surface area contributed by atoms with Crippen molar-refractivity contribution in [1.82, 2.24) is 10.2 Å². The predicted octanol–water partition coefficient (Wildman–Crippen LogP) is 3.37. The third-order valence-electron chi connectivity index (χ3n) is 3.99. The van der Waals surface area contributed by atoms with Gasteiger partial charge in [-0.1, -0.05) is 15.9 Å². The number of benzene rings is 1. The topological polar surface area (TPSA) is 32.3 Å². The van der Waals surface area contributed by atoms with Crippen molar-refractivity contribution in [2.45, 2.75) is 37.6 Å². The number of aryl methyl sites for hydroxylation is 2. The molecule has 1 aliphatic rings. The highest BCUT2D eigenvalue weighted by molar-refractivity contribution is 9.10. The number of nitrogens with one attached hydrogen (secondary N) is 1. The van der Waals surface area contributed by atoms with Gasteiger partial charge in [0, 0.05) is 28.5 Å². The van der Waals surface area contributed by atoms with Crippen LogP contribution in [0.1, 0.15) is 24.0 Å². The number of carbonyl (C=O) groups excluding carboxylic acids is 1. The van der Waals surface area contributed by atoms with Crippen LogP contribution in [0.15, 0.2) is 21.5 Å². The Balaban J connectivity index is 1.93. The van der Waals surface area contributed by atoms with E-state index < -0.39 is 0 Å². The highest BCUT2D eigenvalue weighted by atomic mass is 79.9. The number of nitrogens with zero attached hydrogens (tertiary/aromatic N) is 1. The summed E-state index contributed by atoms with van der Waals surface area (Å²) in [5.41, 5.74) is 2.43. The molecule has 0 aliphatic carbocycles. The average Bonchev–Trinajstić information content (AvgIpc) is 2.49. The van der Waals surface area contributed by atoms with Gasteiger partial charge >= 0.3 is 0 Å². The van der Waals surface area contributed by atoms with E-state index in [2.05, 4.69) is 47.2 Å². The summed E-state index contributed by atoms with van der Waals surface area (Å²) in [6.07, 6.45) is 2.26. The summed E-state index contributed by atoms with van der Waals surface area (Å²) in [7, 11) is 1.97. The molecule has 2 rings (SSSR count). The SMILES string of the molecule is CNC1CCCN(C(=O)CSc2cc(C)c(Br)cc2C)C1. The highest BCUT2D eigenvalue weighted by Gasteiger charge is 2.22. The molecule has 1 fully saturated rings. The van der Waals surface area contributed by atoms with Gasteiger partial charge in [0.25, 0.3) is 0 Å². The molecule has 3 nitrogen and oxygen atoms in total. The van der Waals surface area contributed by atoms with Gasteiger partial charge in [-0.25, -0.2) is 0 Å². The molecule has 0 saturated carbocycles. The molecule has 1 N–H and O–H groups in total. The maximum absolute atomic E-state index is 12.4. The lowest BCUT2D eigenvalue weighted by molar-refractivity contribution is -0.129. The third kappa shape index (κ3) is 4.47. The van der Waals surface area contributed by atoms with Crippen LogP contribution in [0.5, 0.6) is 0 Å². The summed E-state index contributed by atoms with van der Waals surface area (Å²) in [5, 5.41) is 3.28. The van der Waals surface area contributed by atoms with E-state index in [0.717, 1.165) is 24.0 Å². The van der Waals surface area contributed by atoms with Crippen molar-refractivity contribution in [3.05, 3.63) is 27.7 Å². The first-order valence-corrected chi connectivity index (χ1v) is 9.13. The van der Waals surface area contributed by atoms with Gasteiger partial charge in [-0.3, -0.25) is 4.79 Å². The van der Waals surface area contributed by atoms with Crippen molar-refractivity contribution in [3.63, 3.8) is 0 Å². The van der Waals surface area contributed by atoms with Crippen LogP contribution < -0.4 is 5.32 Å². The number of likely N-dealkylation sites (tertiary alicyclic amines) is 1. The molecule has 1 aliphatic heterocycles. The maximum Gasteiger partial charge on any atom is 0.232 e. The van der Waals surface area contributed by atoms with E-state index in [0.29, 0.717) is 11.8 Å². The molecule has 1 unspecified atom stereocenters. The van der Waals surface area contributed by atoms with Gasteiger partial charge in [-0.15, -0.1) is 11.8 Å². The van der Waals surface area contributed by atoms with Gasteiger partial charge in [-0.05, 0) is 57.0 Å². The number of piperidine rings is 1. The largest absolute Gasteiger partial charge is 0.340 e. The molecule has 1 atom stereocenters. The maximum atomic E-state index is 12.4. The van der Waals surface area contributed by atoms with Crippen molar-refractivity contribution < 1.29 is 4.79 Å². The van der Waals surface area contributed by atoms with E-state index in [-0.39, 0.29) is 5.91 Å². The molecule has 0 bridgehead atoms. The molecule has 1 aromatic carbocycles. The molecule has 0 radical (unpaired) electrons. The molecule has 5 heteroatoms. The molecular formula is C16H23BrN2OS. The van der Waals surface area contributed by atoms with E-state index in [1.54, 1.807) is 11.8 Å². The van der Waals surface area contributed by atoms with Crippen molar-refractivity contribution in [2.75, 3.05) is 25.9 Å². The van der Waals surface area contributed by atoms with Gasteiger partial charge in [0.2, 0.25) is 5.91 Å². The fourth-order valence-electron chi connectivity index (χ4n) is 2.58. The van der Waals surface area contributed by atoms with Crippen LogP contribution in [0.3, 0.4) is 0 Å². The normalized spacial score (nSPS) is 18.9. The van der Waals surface area contributed by atoms with E-state index in [1.165, 1.54) is 22.4 Å². The first-order valence-electron chi connectivity index (χ1n) is 7.36. The zero-order valence-electron chi connectivity index (χ0n) is 12.9. The first kappa shape index (κ1) is 16.8. The third-order valence-corrected chi connectivity index (χ3v) is 5.99. The number of hydrogen-bond acceptors (Lipinski definition) is 3. The molecule has 1 saturated heterocycles. The Labute approximate surface area is 140 Å². The van der Waals surface area contributed by atoms with Gasteiger partial charge in [0.05, 0.1) is 5.75 Å². The molecule has 1 heterocycles. The van der Waals surface area contributed by atoms with Gasteiger partial charge in [-0.2, -0.15) is 0 Å². The van der Waals surface area contributed by atoms with Gasteiger partial charge in [0.1, 0.15) is 0 Å². The number of amides is 1. The summed E-state index contributed by atoms with van der Waals surface area (Å²) in [6, 6.07) is 4.73. The number of hydrogen-bond donors (Lipinski definition) is 1. The quantitative estimate of drug-likeness (QED) is 0.824. The van der Waals surface area contributed by atoms with Crippen molar-refractivity contribution >= 4 is 33.6 Å². The number of likely N-dealkylation sites (N-methyl/N-ethyl adjacent to an activating group) is 1. The van der Waals surface area contributed by atoms with Gasteiger partial charge in [0.15, 0.2) is 0 Å². The lowest BCUT2D eigenvalue weighted by atomic mass is 10.1. The number of carbonyl (C=O) groups is 1. The Morgan fingerprint density at radius 1 is 1.43 bits per heavy atom. The van der Waals surface area contributed by atoms with Crippen LogP contribution in [0, 0.1) is 13.8 Å². The van der Waals surface area contributed by atoms with E-state index in [4.69, 9.17) is 0 Å². The van der Waals surface area contributed by atoms with Crippen molar-refractivity contribution in [2.24, 2.45) is 0 Å². The van der Waals surface area contributed by atoms with Gasteiger partial charge < -0.3 is 10.2 Å². The van der Waals surface area contributed by atoms with E-state index in [9.17, 15) is 4.79 Å². The average molecular weight is 371 g/mol. The van der Waals surface area contributed by atoms with E-state index in [1.807, 2.05) is 11.9 Å². The smallest absolute Gasteiger partial charge is 0.232 e. The minimum Gasteiger partial charge on any atom is -0.340 e. The summed E-state index contributed by atoms with van der Waals surface area (Å²) in [4.78, 5) is 15.6. The highest BCUT2D eigenvalue weighted by Crippen LogP contribution is 2.28. The Morgan fingerprint density at radius 2 is 2.19 bits per heavy atom. The Kier molecular flexibility index (Phi) is 6.14. The molecule has 21 heavy (non-hydrogen) atoms. The lowest BCUT2D eigenvalue weighted by Crippen LogP contribution is -2.47. The number of halogens is 1. The summed E-state index contributed by atoms with van der Waals surface area (Å²) in [6.45, 7) is 5.91. The molecule has 1 amide bonds. The van der Waals surface area contributed by atoms with Crippen LogP contribution in [0.25, 0.3) is 0 Å². The monoisotopic (exact) mass is 370 g/mol. The second kappa shape index (κ2) is 7.65. The van der Waals surface area contributed by atoms with Crippen LogP contribution in [-0.4, -0.2) is 42.7 Å². The lowest BCUT2D eigenvalue weighted by Gasteiger charge is -2.32. The van der Waals surface area contributed by atoms with Crippen molar-refractivity contribution in [1.29, 1.82) is 0 Å². The van der Waals surface area contributed by atoms with Crippen molar-refractivity contribution in [3.8, 4) is 0 Å².